The maximum atomic E-state index is 2.54. The molecule has 2 heterocycles. The van der Waals surface area contributed by atoms with E-state index in [1.54, 1.807) is 0 Å². The number of aryl methyl sites for hydroxylation is 4. The van der Waals surface area contributed by atoms with Gasteiger partial charge < -0.3 is 9.80 Å². The van der Waals surface area contributed by atoms with Crippen molar-refractivity contribution < 1.29 is 0 Å². The van der Waals surface area contributed by atoms with E-state index in [1.807, 2.05) is 0 Å². The molecule has 0 N–H and O–H groups in total. The zero-order valence-electron chi connectivity index (χ0n) is 38.9. The fraction of sp³-hybridized carbons (Fsp3) is 0.219. The molecule has 8 aromatic carbocycles. The van der Waals surface area contributed by atoms with E-state index in [-0.39, 0.29) is 10.8 Å². The minimum absolute atomic E-state index is 0.0930. The van der Waals surface area contributed by atoms with Crippen LogP contribution in [-0.2, 0) is 36.5 Å². The van der Waals surface area contributed by atoms with Gasteiger partial charge >= 0.3 is 0 Å². The van der Waals surface area contributed by atoms with Gasteiger partial charge in [0.25, 0.3) is 0 Å². The van der Waals surface area contributed by atoms with Crippen molar-refractivity contribution >= 4 is 46.3 Å². The molecule has 2 heteroatoms. The monoisotopic (exact) mass is 854 g/mol. The first-order chi connectivity index (χ1) is 32.3. The van der Waals surface area contributed by atoms with Crippen molar-refractivity contribution in [2.24, 2.45) is 0 Å². The van der Waals surface area contributed by atoms with E-state index in [4.69, 9.17) is 0 Å². The largest absolute Gasteiger partial charge is 0.310 e. The highest BCUT2D eigenvalue weighted by molar-refractivity contribution is 5.90. The molecule has 0 radical (unpaired) electrons. The summed E-state index contributed by atoms with van der Waals surface area (Å²) >= 11 is 0. The van der Waals surface area contributed by atoms with Gasteiger partial charge in [-0.05, 0) is 159 Å². The average molecular weight is 855 g/mol. The Bertz CT molecular complexity index is 3140. The Morgan fingerprint density at radius 2 is 0.773 bits per heavy atom. The zero-order chi connectivity index (χ0) is 44.6. The van der Waals surface area contributed by atoms with E-state index in [0.29, 0.717) is 0 Å². The minimum Gasteiger partial charge on any atom is -0.310 e. The zero-order valence-corrected chi connectivity index (χ0v) is 38.9. The first-order valence-electron chi connectivity index (χ1n) is 24.5. The number of hydrogen-bond acceptors (Lipinski definition) is 2. The number of rotatable bonds is 8. The molecule has 324 valence electrons. The molecule has 2 aliphatic heterocycles. The summed E-state index contributed by atoms with van der Waals surface area (Å²) in [6.07, 6.45) is 13.7. The highest BCUT2D eigenvalue weighted by atomic mass is 15.2. The molecule has 12 rings (SSSR count). The Hall–Kier alpha value is -6.90. The summed E-state index contributed by atoms with van der Waals surface area (Å²) < 4.78 is 0. The third-order valence-electron chi connectivity index (χ3n) is 15.7. The van der Waals surface area contributed by atoms with Crippen LogP contribution in [0.2, 0.25) is 0 Å². The van der Waals surface area contributed by atoms with Crippen molar-refractivity contribution in [3.05, 3.63) is 225 Å². The van der Waals surface area contributed by atoms with Crippen molar-refractivity contribution in [3.63, 3.8) is 0 Å². The summed E-state index contributed by atoms with van der Waals surface area (Å²) in [6, 6.07) is 64.8. The van der Waals surface area contributed by atoms with Crippen molar-refractivity contribution in [1.82, 2.24) is 0 Å². The number of hydrogen-bond donors (Lipinski definition) is 0. The van der Waals surface area contributed by atoms with E-state index < -0.39 is 0 Å². The summed E-state index contributed by atoms with van der Waals surface area (Å²) in [5, 5.41) is 0. The smallest absolute Gasteiger partial charge is 0.0493 e. The Morgan fingerprint density at radius 1 is 0.409 bits per heavy atom. The number of anilines is 6. The van der Waals surface area contributed by atoms with Crippen LogP contribution < -0.4 is 9.80 Å². The summed E-state index contributed by atoms with van der Waals surface area (Å²) in [4.78, 5) is 5.03. The third-order valence-corrected chi connectivity index (χ3v) is 15.7. The number of nitrogens with zero attached hydrogens (tertiary/aromatic N) is 2. The number of fused-ring (bicyclic) bond motifs is 10. The van der Waals surface area contributed by atoms with Crippen LogP contribution in [0.4, 0.5) is 34.1 Å². The molecular weight excluding hydrogens is 797 g/mol. The fourth-order valence-electron chi connectivity index (χ4n) is 12.2. The van der Waals surface area contributed by atoms with E-state index in [9.17, 15) is 0 Å². The van der Waals surface area contributed by atoms with Crippen molar-refractivity contribution in [2.75, 3.05) is 9.80 Å². The Labute approximate surface area is 391 Å². The molecule has 1 atom stereocenters. The van der Waals surface area contributed by atoms with E-state index in [2.05, 4.69) is 220 Å². The van der Waals surface area contributed by atoms with Gasteiger partial charge in [0, 0.05) is 45.0 Å². The van der Waals surface area contributed by atoms with Gasteiger partial charge in [-0.2, -0.15) is 0 Å². The van der Waals surface area contributed by atoms with Crippen LogP contribution in [-0.4, -0.2) is 0 Å². The molecule has 0 fully saturated rings. The Morgan fingerprint density at radius 3 is 1.23 bits per heavy atom. The number of para-hydroxylation sites is 4. The molecule has 2 nitrogen and oxygen atoms in total. The highest BCUT2D eigenvalue weighted by Gasteiger charge is 2.40. The van der Waals surface area contributed by atoms with Crippen LogP contribution >= 0.6 is 0 Å². The van der Waals surface area contributed by atoms with E-state index >= 15 is 0 Å². The van der Waals surface area contributed by atoms with E-state index in [0.717, 1.165) is 32.1 Å². The van der Waals surface area contributed by atoms with Crippen LogP contribution in [0.5, 0.6) is 0 Å². The van der Waals surface area contributed by atoms with Gasteiger partial charge in [0.2, 0.25) is 0 Å². The summed E-state index contributed by atoms with van der Waals surface area (Å²) in [7, 11) is 0. The quantitative estimate of drug-likeness (QED) is 0.111. The third kappa shape index (κ3) is 6.51. The van der Waals surface area contributed by atoms with Gasteiger partial charge in [0.1, 0.15) is 0 Å². The Kier molecular flexibility index (Phi) is 9.79. The van der Waals surface area contributed by atoms with Gasteiger partial charge in [-0.15, -0.1) is 0 Å². The van der Waals surface area contributed by atoms with Crippen LogP contribution in [0, 0.1) is 0 Å². The van der Waals surface area contributed by atoms with Crippen molar-refractivity contribution in [2.45, 2.75) is 89.9 Å². The lowest BCUT2D eigenvalue weighted by atomic mass is 9.75. The van der Waals surface area contributed by atoms with Crippen LogP contribution in [0.15, 0.2) is 170 Å². The fourth-order valence-corrected chi connectivity index (χ4v) is 12.2. The standard InChI is InChI=1S/C64H58N2/c1-5-6-15-38-64(4)57-40-44(27-35-53(57)54-37-33-50(42-58(54)64)66-61-22-13-9-18-47(61)30-31-48-19-10-14-23-62(48)66)25-24-43-26-34-51-52-36-32-49(41-56(52)63(2,3)55(51)39-43)65-59-20-11-7-16-45(59)28-29-46-17-8-12-21-60(46)65/h7-14,16-27,32-37,39-42H,5-6,15,28-31,38H2,1-4H3/b25-24+. The number of benzene rings is 8. The molecule has 8 aromatic rings. The molecule has 0 bridgehead atoms. The van der Waals surface area contributed by atoms with Crippen molar-refractivity contribution in [3.8, 4) is 22.3 Å². The first-order valence-corrected chi connectivity index (χ1v) is 24.5. The minimum atomic E-state index is -0.147. The van der Waals surface area contributed by atoms with Crippen LogP contribution in [0.1, 0.15) is 109 Å². The van der Waals surface area contributed by atoms with E-state index in [1.165, 1.54) is 131 Å². The molecule has 2 aliphatic carbocycles. The van der Waals surface area contributed by atoms with Crippen LogP contribution in [0.25, 0.3) is 34.4 Å². The van der Waals surface area contributed by atoms with Gasteiger partial charge in [-0.1, -0.05) is 180 Å². The first kappa shape index (κ1) is 40.6. The van der Waals surface area contributed by atoms with Gasteiger partial charge in [-0.3, -0.25) is 0 Å². The highest BCUT2D eigenvalue weighted by Crippen LogP contribution is 2.55. The average Bonchev–Trinajstić information content (AvgIpc) is 3.53. The summed E-state index contributed by atoms with van der Waals surface area (Å²) in [5.41, 5.74) is 26.7. The van der Waals surface area contributed by atoms with Crippen LogP contribution in [0.3, 0.4) is 0 Å². The molecule has 0 amide bonds. The SMILES string of the molecule is CCCCCC1(C)c2cc(/C=C/c3ccc4c(c3)C(C)(C)c3cc(N5c6ccccc6CCc6ccccc65)ccc3-4)ccc2-c2ccc(N3c4ccccc4CCc4ccccc43)cc21. The molecule has 0 spiro atoms. The van der Waals surface area contributed by atoms with Crippen molar-refractivity contribution in [1.29, 1.82) is 0 Å². The molecule has 1 unspecified atom stereocenters. The maximum absolute atomic E-state index is 2.54. The lowest BCUT2D eigenvalue weighted by Gasteiger charge is -2.31. The second-order valence-corrected chi connectivity index (χ2v) is 20.0. The lowest BCUT2D eigenvalue weighted by Crippen LogP contribution is -2.21. The topological polar surface area (TPSA) is 6.48 Å². The molecule has 66 heavy (non-hydrogen) atoms. The van der Waals surface area contributed by atoms with Gasteiger partial charge in [0.05, 0.1) is 0 Å². The molecule has 4 aliphatic rings. The second-order valence-electron chi connectivity index (χ2n) is 20.0. The maximum Gasteiger partial charge on any atom is 0.0493 e. The molecule has 0 saturated heterocycles. The Balaban J connectivity index is 0.872. The summed E-state index contributed by atoms with van der Waals surface area (Å²) in [5.74, 6) is 0. The predicted molar refractivity (Wildman–Crippen MR) is 280 cm³/mol. The molecule has 0 aromatic heterocycles. The lowest BCUT2D eigenvalue weighted by molar-refractivity contribution is 0.493. The molecular formula is C64H58N2. The predicted octanol–water partition coefficient (Wildman–Crippen LogP) is 17.2. The summed E-state index contributed by atoms with van der Waals surface area (Å²) in [6.45, 7) is 9.66. The normalized spacial score (nSPS) is 17.2. The second kappa shape index (κ2) is 15.9. The van der Waals surface area contributed by atoms with Gasteiger partial charge in [0.15, 0.2) is 0 Å². The molecule has 0 saturated carbocycles. The van der Waals surface area contributed by atoms with Gasteiger partial charge in [-0.25, -0.2) is 0 Å². The number of unbranched alkanes of at least 4 members (excludes halogenated alkanes) is 2.